The third kappa shape index (κ3) is 4.00. The number of hydrogen-bond donors (Lipinski definition) is 1. The number of pyridine rings is 1. The van der Waals surface area contributed by atoms with Crippen LogP contribution in [-0.2, 0) is 11.3 Å². The number of nitrogens with zero attached hydrogens (tertiary/aromatic N) is 2. The molecule has 0 aliphatic carbocycles. The predicted octanol–water partition coefficient (Wildman–Crippen LogP) is 1.59. The monoisotopic (exact) mass is 263 g/mol. The van der Waals surface area contributed by atoms with Crippen molar-refractivity contribution in [2.45, 2.75) is 38.9 Å². The van der Waals surface area contributed by atoms with E-state index in [4.69, 9.17) is 4.74 Å². The van der Waals surface area contributed by atoms with E-state index in [1.807, 2.05) is 13.0 Å². The maximum atomic E-state index is 5.64. The Morgan fingerprint density at radius 2 is 2.32 bits per heavy atom. The quantitative estimate of drug-likeness (QED) is 0.875. The van der Waals surface area contributed by atoms with Crippen molar-refractivity contribution < 1.29 is 4.74 Å². The maximum absolute atomic E-state index is 5.64. The van der Waals surface area contributed by atoms with Gasteiger partial charge in [0.2, 0.25) is 0 Å². The van der Waals surface area contributed by atoms with Crippen molar-refractivity contribution in [3.05, 3.63) is 29.6 Å². The van der Waals surface area contributed by atoms with Crippen molar-refractivity contribution in [3.63, 3.8) is 0 Å². The lowest BCUT2D eigenvalue weighted by atomic mass is 10.0. The van der Waals surface area contributed by atoms with Crippen LogP contribution in [0.5, 0.6) is 0 Å². The molecule has 1 aromatic heterocycles. The van der Waals surface area contributed by atoms with Crippen molar-refractivity contribution in [2.75, 3.05) is 26.8 Å². The molecular formula is C15H25N3O. The molecule has 2 heterocycles. The van der Waals surface area contributed by atoms with Crippen LogP contribution in [0.25, 0.3) is 0 Å². The predicted molar refractivity (Wildman–Crippen MR) is 77.1 cm³/mol. The van der Waals surface area contributed by atoms with Gasteiger partial charge in [-0.3, -0.25) is 9.88 Å². The number of aryl methyl sites for hydroxylation is 1. The Labute approximate surface area is 116 Å². The van der Waals surface area contributed by atoms with E-state index in [9.17, 15) is 0 Å². The molecule has 1 N–H and O–H groups in total. The summed E-state index contributed by atoms with van der Waals surface area (Å²) in [5.74, 6) is 0. The molecule has 0 aromatic carbocycles. The third-order valence-electron chi connectivity index (χ3n) is 3.72. The van der Waals surface area contributed by atoms with Crippen molar-refractivity contribution in [1.29, 1.82) is 0 Å². The minimum absolute atomic E-state index is 0.427. The van der Waals surface area contributed by atoms with Gasteiger partial charge in [0.15, 0.2) is 0 Å². The van der Waals surface area contributed by atoms with E-state index in [0.717, 1.165) is 44.1 Å². The molecule has 2 atom stereocenters. The van der Waals surface area contributed by atoms with E-state index in [0.29, 0.717) is 12.1 Å². The number of likely N-dealkylation sites (N-methyl/N-ethyl adjacent to an activating group) is 2. The number of hydrogen-bond acceptors (Lipinski definition) is 4. The van der Waals surface area contributed by atoms with Crippen LogP contribution in [0.2, 0.25) is 0 Å². The van der Waals surface area contributed by atoms with Gasteiger partial charge < -0.3 is 10.1 Å². The van der Waals surface area contributed by atoms with Gasteiger partial charge in [0, 0.05) is 30.9 Å². The first kappa shape index (κ1) is 14.4. The van der Waals surface area contributed by atoms with E-state index in [1.165, 1.54) is 0 Å². The Balaban J connectivity index is 1.99. The summed E-state index contributed by atoms with van der Waals surface area (Å²) in [6, 6.07) is 7.15. The van der Waals surface area contributed by atoms with Gasteiger partial charge in [0.25, 0.3) is 0 Å². The van der Waals surface area contributed by atoms with E-state index >= 15 is 0 Å². The molecule has 0 spiro atoms. The van der Waals surface area contributed by atoms with E-state index in [-0.39, 0.29) is 0 Å². The minimum Gasteiger partial charge on any atom is -0.380 e. The average molecular weight is 263 g/mol. The molecule has 0 radical (unpaired) electrons. The molecule has 1 saturated heterocycles. The molecule has 4 nitrogen and oxygen atoms in total. The van der Waals surface area contributed by atoms with Gasteiger partial charge in [-0.2, -0.15) is 0 Å². The van der Waals surface area contributed by atoms with Gasteiger partial charge in [-0.1, -0.05) is 13.0 Å². The highest BCUT2D eigenvalue weighted by atomic mass is 16.5. The molecule has 1 aromatic rings. The molecule has 2 rings (SSSR count). The van der Waals surface area contributed by atoms with Crippen molar-refractivity contribution in [1.82, 2.24) is 15.2 Å². The third-order valence-corrected chi connectivity index (χ3v) is 3.72. The zero-order chi connectivity index (χ0) is 13.7. The first-order valence-corrected chi connectivity index (χ1v) is 7.14. The molecule has 0 saturated carbocycles. The summed E-state index contributed by atoms with van der Waals surface area (Å²) in [4.78, 5) is 6.93. The molecule has 1 aliphatic rings. The van der Waals surface area contributed by atoms with Crippen molar-refractivity contribution in [3.8, 4) is 0 Å². The standard InChI is InChI=1S/C15H25N3O/c1-4-16-14-8-9-19-11-15(14)18(3)10-13-7-5-6-12(2)17-13/h5-7,14-16H,4,8-11H2,1-3H3. The second-order valence-corrected chi connectivity index (χ2v) is 5.28. The van der Waals surface area contributed by atoms with Gasteiger partial charge in [0.05, 0.1) is 12.3 Å². The molecule has 106 valence electrons. The van der Waals surface area contributed by atoms with Crippen LogP contribution in [0.3, 0.4) is 0 Å². The Kier molecular flexibility index (Phi) is 5.31. The maximum Gasteiger partial charge on any atom is 0.0637 e. The largest absolute Gasteiger partial charge is 0.380 e. The number of nitrogens with one attached hydrogen (secondary N) is 1. The summed E-state index contributed by atoms with van der Waals surface area (Å²) in [6.07, 6.45) is 1.09. The van der Waals surface area contributed by atoms with Crippen LogP contribution in [0.4, 0.5) is 0 Å². The summed E-state index contributed by atoms with van der Waals surface area (Å²) in [5, 5.41) is 3.57. The van der Waals surface area contributed by atoms with Crippen LogP contribution < -0.4 is 5.32 Å². The first-order valence-electron chi connectivity index (χ1n) is 7.14. The van der Waals surface area contributed by atoms with E-state index in [2.05, 4.69) is 41.3 Å². The molecule has 2 unspecified atom stereocenters. The molecule has 4 heteroatoms. The second-order valence-electron chi connectivity index (χ2n) is 5.28. The Bertz CT molecular complexity index is 395. The second kappa shape index (κ2) is 6.98. The van der Waals surface area contributed by atoms with Crippen LogP contribution in [0.1, 0.15) is 24.7 Å². The normalized spacial score (nSPS) is 23.8. The summed E-state index contributed by atoms with van der Waals surface area (Å²) < 4.78 is 5.64. The van der Waals surface area contributed by atoms with Gasteiger partial charge in [0.1, 0.15) is 0 Å². The SMILES string of the molecule is CCNC1CCOCC1N(C)Cc1cccc(C)n1. The molecule has 0 amide bonds. The zero-order valence-electron chi connectivity index (χ0n) is 12.2. The highest BCUT2D eigenvalue weighted by Gasteiger charge is 2.28. The topological polar surface area (TPSA) is 37.4 Å². The van der Waals surface area contributed by atoms with Crippen LogP contribution >= 0.6 is 0 Å². The summed E-state index contributed by atoms with van der Waals surface area (Å²) >= 11 is 0. The van der Waals surface area contributed by atoms with E-state index in [1.54, 1.807) is 0 Å². The lowest BCUT2D eigenvalue weighted by Gasteiger charge is -2.38. The molecule has 1 aliphatic heterocycles. The van der Waals surface area contributed by atoms with E-state index < -0.39 is 0 Å². The minimum atomic E-state index is 0.427. The fourth-order valence-corrected chi connectivity index (χ4v) is 2.72. The molecular weight excluding hydrogens is 238 g/mol. The van der Waals surface area contributed by atoms with Crippen molar-refractivity contribution in [2.24, 2.45) is 0 Å². The van der Waals surface area contributed by atoms with Crippen LogP contribution in [-0.4, -0.2) is 48.8 Å². The zero-order valence-corrected chi connectivity index (χ0v) is 12.2. The molecule has 0 bridgehead atoms. The Morgan fingerprint density at radius 1 is 1.47 bits per heavy atom. The fourth-order valence-electron chi connectivity index (χ4n) is 2.72. The van der Waals surface area contributed by atoms with Gasteiger partial charge in [-0.05, 0) is 39.1 Å². The Hall–Kier alpha value is -0.970. The summed E-state index contributed by atoms with van der Waals surface area (Å²) in [5.41, 5.74) is 2.21. The van der Waals surface area contributed by atoms with Crippen LogP contribution in [0.15, 0.2) is 18.2 Å². The van der Waals surface area contributed by atoms with Crippen LogP contribution in [0, 0.1) is 6.92 Å². The molecule has 1 fully saturated rings. The smallest absolute Gasteiger partial charge is 0.0637 e. The number of aromatic nitrogens is 1. The fraction of sp³-hybridized carbons (Fsp3) is 0.667. The summed E-state index contributed by atoms with van der Waals surface area (Å²) in [6.45, 7) is 7.75. The number of rotatable bonds is 5. The van der Waals surface area contributed by atoms with Gasteiger partial charge in [-0.15, -0.1) is 0 Å². The average Bonchev–Trinajstić information content (AvgIpc) is 2.39. The van der Waals surface area contributed by atoms with Gasteiger partial charge >= 0.3 is 0 Å². The number of ether oxygens (including phenoxy) is 1. The lowest BCUT2D eigenvalue weighted by molar-refractivity contribution is 0.00348. The summed E-state index contributed by atoms with van der Waals surface area (Å²) in [7, 11) is 2.16. The first-order chi connectivity index (χ1) is 9.20. The Morgan fingerprint density at radius 3 is 3.05 bits per heavy atom. The highest BCUT2D eigenvalue weighted by Crippen LogP contribution is 2.15. The molecule has 19 heavy (non-hydrogen) atoms. The lowest BCUT2D eigenvalue weighted by Crippen LogP contribution is -2.53. The van der Waals surface area contributed by atoms with Crippen molar-refractivity contribution >= 4 is 0 Å². The highest BCUT2D eigenvalue weighted by molar-refractivity contribution is 5.10. The van der Waals surface area contributed by atoms with Gasteiger partial charge in [-0.25, -0.2) is 0 Å².